The van der Waals surface area contributed by atoms with Gasteiger partial charge in [-0.1, -0.05) is 25.1 Å². The SMILES string of the molecule is CCc1nc2ccc(C)cn2c1C(=O)N(CC)c1cccc(C)c1. The van der Waals surface area contributed by atoms with Crippen LogP contribution in [0.3, 0.4) is 0 Å². The van der Waals surface area contributed by atoms with E-state index in [2.05, 4.69) is 4.98 Å². The Morgan fingerprint density at radius 2 is 1.92 bits per heavy atom. The van der Waals surface area contributed by atoms with E-state index in [9.17, 15) is 4.79 Å². The number of fused-ring (bicyclic) bond motifs is 1. The number of aryl methyl sites for hydroxylation is 3. The summed E-state index contributed by atoms with van der Waals surface area (Å²) in [7, 11) is 0. The van der Waals surface area contributed by atoms with Crippen LogP contribution in [0, 0.1) is 13.8 Å². The smallest absolute Gasteiger partial charge is 0.277 e. The number of nitrogens with zero attached hydrogens (tertiary/aromatic N) is 3. The van der Waals surface area contributed by atoms with E-state index in [-0.39, 0.29) is 5.91 Å². The van der Waals surface area contributed by atoms with E-state index in [1.54, 1.807) is 0 Å². The van der Waals surface area contributed by atoms with Crippen molar-refractivity contribution in [1.29, 1.82) is 0 Å². The fourth-order valence-electron chi connectivity index (χ4n) is 3.04. The van der Waals surface area contributed by atoms with Crippen molar-refractivity contribution in [3.8, 4) is 0 Å². The van der Waals surface area contributed by atoms with Gasteiger partial charge in [0.1, 0.15) is 11.3 Å². The maximum atomic E-state index is 13.3. The van der Waals surface area contributed by atoms with Gasteiger partial charge >= 0.3 is 0 Å². The molecule has 3 aromatic rings. The lowest BCUT2D eigenvalue weighted by Crippen LogP contribution is -2.32. The monoisotopic (exact) mass is 321 g/mol. The third kappa shape index (κ3) is 2.80. The van der Waals surface area contributed by atoms with Crippen molar-refractivity contribution < 1.29 is 4.79 Å². The molecule has 1 amide bonds. The summed E-state index contributed by atoms with van der Waals surface area (Å²) in [5.41, 5.74) is 5.50. The zero-order valence-electron chi connectivity index (χ0n) is 14.7. The molecule has 4 heteroatoms. The Labute approximate surface area is 142 Å². The molecular formula is C20H23N3O. The fourth-order valence-corrected chi connectivity index (χ4v) is 3.04. The molecule has 24 heavy (non-hydrogen) atoms. The molecule has 0 spiro atoms. The molecule has 0 radical (unpaired) electrons. The molecule has 0 saturated carbocycles. The first kappa shape index (κ1) is 16.2. The van der Waals surface area contributed by atoms with E-state index in [4.69, 9.17) is 0 Å². The van der Waals surface area contributed by atoms with Gasteiger partial charge in [-0.05, 0) is 56.5 Å². The van der Waals surface area contributed by atoms with Crippen LogP contribution in [0.25, 0.3) is 5.65 Å². The third-order valence-electron chi connectivity index (χ3n) is 4.25. The maximum Gasteiger partial charge on any atom is 0.277 e. The quantitative estimate of drug-likeness (QED) is 0.723. The van der Waals surface area contributed by atoms with E-state index in [0.29, 0.717) is 12.2 Å². The van der Waals surface area contributed by atoms with Crippen molar-refractivity contribution in [3.05, 3.63) is 65.1 Å². The lowest BCUT2D eigenvalue weighted by molar-refractivity contribution is 0.0981. The molecule has 3 rings (SSSR count). The molecule has 2 aromatic heterocycles. The van der Waals surface area contributed by atoms with Crippen LogP contribution in [0.1, 0.15) is 41.2 Å². The van der Waals surface area contributed by atoms with E-state index in [1.165, 1.54) is 0 Å². The first-order valence-electron chi connectivity index (χ1n) is 8.41. The number of pyridine rings is 1. The molecule has 1 aromatic carbocycles. The largest absolute Gasteiger partial charge is 0.307 e. The zero-order chi connectivity index (χ0) is 17.3. The Hall–Kier alpha value is -2.62. The molecule has 0 fully saturated rings. The normalized spacial score (nSPS) is 11.0. The molecule has 0 atom stereocenters. The lowest BCUT2D eigenvalue weighted by atomic mass is 10.1. The van der Waals surface area contributed by atoms with Gasteiger partial charge in [0.25, 0.3) is 5.91 Å². The van der Waals surface area contributed by atoms with Gasteiger partial charge in [-0.15, -0.1) is 0 Å². The van der Waals surface area contributed by atoms with Gasteiger partial charge in [0, 0.05) is 18.4 Å². The summed E-state index contributed by atoms with van der Waals surface area (Å²) in [6, 6.07) is 12.0. The second-order valence-electron chi connectivity index (χ2n) is 6.08. The summed E-state index contributed by atoms with van der Waals surface area (Å²) in [5.74, 6) is -0.00181. The van der Waals surface area contributed by atoms with E-state index in [0.717, 1.165) is 34.6 Å². The van der Waals surface area contributed by atoms with Gasteiger partial charge in [-0.2, -0.15) is 0 Å². The number of hydrogen-bond acceptors (Lipinski definition) is 2. The van der Waals surface area contributed by atoms with E-state index in [1.807, 2.05) is 79.6 Å². The minimum absolute atomic E-state index is 0.00181. The van der Waals surface area contributed by atoms with Crippen LogP contribution in [0.15, 0.2) is 42.6 Å². The van der Waals surface area contributed by atoms with Gasteiger partial charge in [0.05, 0.1) is 5.69 Å². The number of hydrogen-bond donors (Lipinski definition) is 0. The number of amides is 1. The Morgan fingerprint density at radius 3 is 2.58 bits per heavy atom. The van der Waals surface area contributed by atoms with Crippen molar-refractivity contribution >= 4 is 17.2 Å². The van der Waals surface area contributed by atoms with E-state index >= 15 is 0 Å². The van der Waals surface area contributed by atoms with Crippen molar-refractivity contribution in [1.82, 2.24) is 9.38 Å². The predicted molar refractivity (Wildman–Crippen MR) is 97.8 cm³/mol. The number of benzene rings is 1. The second-order valence-corrected chi connectivity index (χ2v) is 6.08. The van der Waals surface area contributed by atoms with Crippen molar-refractivity contribution in [2.24, 2.45) is 0 Å². The minimum Gasteiger partial charge on any atom is -0.307 e. The lowest BCUT2D eigenvalue weighted by Gasteiger charge is -2.22. The third-order valence-corrected chi connectivity index (χ3v) is 4.25. The highest BCUT2D eigenvalue weighted by atomic mass is 16.2. The molecule has 124 valence electrons. The van der Waals surface area contributed by atoms with Gasteiger partial charge in [-0.25, -0.2) is 4.98 Å². The molecule has 0 unspecified atom stereocenters. The Balaban J connectivity index is 2.14. The summed E-state index contributed by atoms with van der Waals surface area (Å²) in [4.78, 5) is 19.8. The van der Waals surface area contributed by atoms with Crippen LogP contribution in [0.2, 0.25) is 0 Å². The molecule has 0 N–H and O–H groups in total. The number of carbonyl (C=O) groups is 1. The highest BCUT2D eigenvalue weighted by Crippen LogP contribution is 2.22. The molecule has 0 bridgehead atoms. The number of rotatable bonds is 4. The predicted octanol–water partition coefficient (Wildman–Crippen LogP) is 4.18. The molecule has 2 heterocycles. The van der Waals surface area contributed by atoms with Crippen molar-refractivity contribution in [2.45, 2.75) is 34.1 Å². The number of anilines is 1. The van der Waals surface area contributed by atoms with Crippen molar-refractivity contribution in [2.75, 3.05) is 11.4 Å². The van der Waals surface area contributed by atoms with Gasteiger partial charge < -0.3 is 4.90 Å². The van der Waals surface area contributed by atoms with Gasteiger partial charge in [0.2, 0.25) is 0 Å². The molecule has 0 aliphatic rings. The molecule has 0 aliphatic heterocycles. The first-order chi connectivity index (χ1) is 11.5. The summed E-state index contributed by atoms with van der Waals surface area (Å²) < 4.78 is 1.93. The summed E-state index contributed by atoms with van der Waals surface area (Å²) in [5, 5.41) is 0. The fraction of sp³-hybridized carbons (Fsp3) is 0.300. The number of imidazole rings is 1. The second kappa shape index (κ2) is 6.48. The van der Waals surface area contributed by atoms with Gasteiger partial charge in [0.15, 0.2) is 0 Å². The topological polar surface area (TPSA) is 37.6 Å². The molecule has 4 nitrogen and oxygen atoms in total. The standard InChI is InChI=1S/C20H23N3O/c1-5-17-19(23-13-15(4)10-11-18(23)21-17)20(24)22(6-2)16-9-7-8-14(3)12-16/h7-13H,5-6H2,1-4H3. The average molecular weight is 321 g/mol. The van der Waals surface area contributed by atoms with Crippen molar-refractivity contribution in [3.63, 3.8) is 0 Å². The molecule has 0 aliphatic carbocycles. The van der Waals surface area contributed by atoms with Crippen LogP contribution < -0.4 is 4.90 Å². The number of aromatic nitrogens is 2. The van der Waals surface area contributed by atoms with E-state index < -0.39 is 0 Å². The van der Waals surface area contributed by atoms with Crippen LogP contribution >= 0.6 is 0 Å². The Morgan fingerprint density at radius 1 is 1.12 bits per heavy atom. The average Bonchev–Trinajstić information content (AvgIpc) is 2.93. The van der Waals surface area contributed by atoms with Crippen LogP contribution in [0.5, 0.6) is 0 Å². The Kier molecular flexibility index (Phi) is 4.38. The highest BCUT2D eigenvalue weighted by Gasteiger charge is 2.24. The summed E-state index contributed by atoms with van der Waals surface area (Å²) in [6.45, 7) is 8.72. The number of carbonyl (C=O) groups excluding carboxylic acids is 1. The minimum atomic E-state index is -0.00181. The molecular weight excluding hydrogens is 298 g/mol. The van der Waals surface area contributed by atoms with Crippen LogP contribution in [0.4, 0.5) is 5.69 Å². The van der Waals surface area contributed by atoms with Gasteiger partial charge in [-0.3, -0.25) is 9.20 Å². The first-order valence-corrected chi connectivity index (χ1v) is 8.41. The van der Waals surface area contributed by atoms with Crippen LogP contribution in [-0.2, 0) is 6.42 Å². The highest BCUT2D eigenvalue weighted by molar-refractivity contribution is 6.06. The van der Waals surface area contributed by atoms with Crippen LogP contribution in [-0.4, -0.2) is 21.8 Å². The zero-order valence-corrected chi connectivity index (χ0v) is 14.7. The summed E-state index contributed by atoms with van der Waals surface area (Å²) >= 11 is 0. The summed E-state index contributed by atoms with van der Waals surface area (Å²) in [6.07, 6.45) is 2.71. The maximum absolute atomic E-state index is 13.3. The molecule has 0 saturated heterocycles. The Bertz CT molecular complexity index is 895.